The van der Waals surface area contributed by atoms with E-state index in [1.165, 1.54) is 0 Å². The summed E-state index contributed by atoms with van der Waals surface area (Å²) in [4.78, 5) is 20.6. The lowest BCUT2D eigenvalue weighted by molar-refractivity contribution is 0.0934. The predicted octanol–water partition coefficient (Wildman–Crippen LogP) is 2.52. The minimum absolute atomic E-state index is 0.0988. The van der Waals surface area contributed by atoms with Crippen LogP contribution in [0.4, 0.5) is 11.6 Å². The summed E-state index contributed by atoms with van der Waals surface area (Å²) in [6, 6.07) is 7.19. The van der Waals surface area contributed by atoms with Crippen LogP contribution in [0.1, 0.15) is 30.8 Å². The van der Waals surface area contributed by atoms with E-state index in [-0.39, 0.29) is 11.9 Å². The van der Waals surface area contributed by atoms with E-state index in [1.54, 1.807) is 12.3 Å². The molecule has 0 spiro atoms. The molecule has 1 aromatic heterocycles. The highest BCUT2D eigenvalue weighted by molar-refractivity contribution is 5.92. The number of fused-ring (bicyclic) bond motifs is 1. The number of nitrogens with one attached hydrogen (secondary N) is 2. The molecular formula is C17H20N4O3. The molecule has 2 N–H and O–H groups in total. The molecule has 7 heteroatoms. The normalized spacial score (nSPS) is 13.9. The Morgan fingerprint density at radius 3 is 2.83 bits per heavy atom. The summed E-state index contributed by atoms with van der Waals surface area (Å²) in [6.07, 6.45) is 2.41. The van der Waals surface area contributed by atoms with Gasteiger partial charge >= 0.3 is 0 Å². The lowest BCUT2D eigenvalue weighted by Gasteiger charge is -2.19. The second kappa shape index (κ2) is 7.16. The van der Waals surface area contributed by atoms with Crippen molar-refractivity contribution in [2.45, 2.75) is 26.3 Å². The maximum atomic E-state index is 12.1. The van der Waals surface area contributed by atoms with Gasteiger partial charge in [0.2, 0.25) is 5.95 Å². The Morgan fingerprint density at radius 1 is 1.25 bits per heavy atom. The largest absolute Gasteiger partial charge is 0.486 e. The fourth-order valence-electron chi connectivity index (χ4n) is 2.20. The minimum Gasteiger partial charge on any atom is -0.486 e. The van der Waals surface area contributed by atoms with Crippen molar-refractivity contribution in [3.8, 4) is 11.5 Å². The maximum absolute atomic E-state index is 12.1. The first-order valence-electron chi connectivity index (χ1n) is 7.96. The highest BCUT2D eigenvalue weighted by atomic mass is 16.6. The molecule has 126 valence electrons. The summed E-state index contributed by atoms with van der Waals surface area (Å²) in [7, 11) is 0. The highest BCUT2D eigenvalue weighted by Gasteiger charge is 2.14. The Hall–Kier alpha value is -2.83. The van der Waals surface area contributed by atoms with Crippen molar-refractivity contribution >= 4 is 17.5 Å². The highest BCUT2D eigenvalue weighted by Crippen LogP contribution is 2.33. The molecule has 0 saturated carbocycles. The van der Waals surface area contributed by atoms with E-state index in [1.807, 2.05) is 32.0 Å². The molecule has 0 aliphatic carbocycles. The topological polar surface area (TPSA) is 85.4 Å². The Kier molecular flexibility index (Phi) is 4.79. The third kappa shape index (κ3) is 3.73. The number of nitrogens with zero attached hydrogens (tertiary/aromatic N) is 2. The number of benzene rings is 1. The number of amides is 1. The third-order valence-electron chi connectivity index (χ3n) is 3.68. The van der Waals surface area contributed by atoms with Gasteiger partial charge in [0.05, 0.1) is 0 Å². The Morgan fingerprint density at radius 2 is 2.04 bits per heavy atom. The second-order valence-electron chi connectivity index (χ2n) is 5.53. The van der Waals surface area contributed by atoms with E-state index in [2.05, 4.69) is 20.6 Å². The van der Waals surface area contributed by atoms with Gasteiger partial charge in [0.1, 0.15) is 18.9 Å². The standard InChI is InChI=1S/C17H20N4O3/c1-3-11(2)19-16(22)13-6-7-18-17(21-13)20-12-4-5-14-15(10-12)24-9-8-23-14/h4-7,10-11H,3,8-9H2,1-2H3,(H,19,22)(H,18,20,21). The molecule has 2 heterocycles. The van der Waals surface area contributed by atoms with Gasteiger partial charge < -0.3 is 20.1 Å². The van der Waals surface area contributed by atoms with Crippen LogP contribution in [0.25, 0.3) is 0 Å². The van der Waals surface area contributed by atoms with Gasteiger partial charge in [0.25, 0.3) is 5.91 Å². The van der Waals surface area contributed by atoms with Gasteiger partial charge in [-0.25, -0.2) is 9.97 Å². The number of hydrogen-bond donors (Lipinski definition) is 2. The Bertz CT molecular complexity index is 736. The molecular weight excluding hydrogens is 308 g/mol. The van der Waals surface area contributed by atoms with Crippen LogP contribution in [-0.4, -0.2) is 35.1 Å². The molecule has 0 saturated heterocycles. The van der Waals surface area contributed by atoms with Gasteiger partial charge in [0.15, 0.2) is 11.5 Å². The molecule has 0 bridgehead atoms. The van der Waals surface area contributed by atoms with Crippen LogP contribution < -0.4 is 20.1 Å². The van der Waals surface area contributed by atoms with E-state index >= 15 is 0 Å². The van der Waals surface area contributed by atoms with Gasteiger partial charge in [-0.1, -0.05) is 6.92 Å². The minimum atomic E-state index is -0.211. The summed E-state index contributed by atoms with van der Waals surface area (Å²) in [5, 5.41) is 5.96. The molecule has 3 rings (SSSR count). The molecule has 0 radical (unpaired) electrons. The number of rotatable bonds is 5. The zero-order valence-corrected chi connectivity index (χ0v) is 13.7. The third-order valence-corrected chi connectivity index (χ3v) is 3.68. The number of ether oxygens (including phenoxy) is 2. The number of hydrogen-bond acceptors (Lipinski definition) is 6. The summed E-state index contributed by atoms with van der Waals surface area (Å²) < 4.78 is 11.0. The summed E-state index contributed by atoms with van der Waals surface area (Å²) in [5.74, 6) is 1.53. The molecule has 2 aromatic rings. The van der Waals surface area contributed by atoms with Crippen LogP contribution in [0.2, 0.25) is 0 Å². The van der Waals surface area contributed by atoms with Crippen LogP contribution in [0.5, 0.6) is 11.5 Å². The fraction of sp³-hybridized carbons (Fsp3) is 0.353. The average Bonchev–Trinajstić information content (AvgIpc) is 2.61. The molecule has 0 fully saturated rings. The summed E-state index contributed by atoms with van der Waals surface area (Å²) >= 11 is 0. The van der Waals surface area contributed by atoms with Crippen molar-refractivity contribution in [1.82, 2.24) is 15.3 Å². The Labute approximate surface area is 140 Å². The number of carbonyl (C=O) groups is 1. The molecule has 1 aliphatic rings. The number of carbonyl (C=O) groups excluding carboxylic acids is 1. The van der Waals surface area contributed by atoms with Gasteiger partial charge in [0, 0.05) is 24.0 Å². The zero-order chi connectivity index (χ0) is 16.9. The van der Waals surface area contributed by atoms with Crippen LogP contribution in [-0.2, 0) is 0 Å². The van der Waals surface area contributed by atoms with Crippen LogP contribution in [0.3, 0.4) is 0 Å². The molecule has 1 unspecified atom stereocenters. The maximum Gasteiger partial charge on any atom is 0.270 e. The second-order valence-corrected chi connectivity index (χ2v) is 5.53. The lowest BCUT2D eigenvalue weighted by atomic mass is 10.2. The van der Waals surface area contributed by atoms with Crippen molar-refractivity contribution in [1.29, 1.82) is 0 Å². The predicted molar refractivity (Wildman–Crippen MR) is 90.0 cm³/mol. The Balaban J connectivity index is 1.74. The van der Waals surface area contributed by atoms with Crippen molar-refractivity contribution in [3.05, 3.63) is 36.2 Å². The van der Waals surface area contributed by atoms with Crippen LogP contribution in [0.15, 0.2) is 30.5 Å². The molecule has 1 amide bonds. The van der Waals surface area contributed by atoms with E-state index in [0.29, 0.717) is 30.6 Å². The number of anilines is 2. The monoisotopic (exact) mass is 328 g/mol. The quantitative estimate of drug-likeness (QED) is 0.877. The summed E-state index contributed by atoms with van der Waals surface area (Å²) in [5.41, 5.74) is 1.09. The molecule has 24 heavy (non-hydrogen) atoms. The summed E-state index contributed by atoms with van der Waals surface area (Å²) in [6.45, 7) is 5.04. The first kappa shape index (κ1) is 16.0. The molecule has 7 nitrogen and oxygen atoms in total. The van der Waals surface area contributed by atoms with E-state index in [4.69, 9.17) is 9.47 Å². The van der Waals surface area contributed by atoms with Gasteiger partial charge in [-0.3, -0.25) is 4.79 Å². The number of aromatic nitrogens is 2. The van der Waals surface area contributed by atoms with Crippen molar-refractivity contribution in [3.63, 3.8) is 0 Å². The molecule has 1 aromatic carbocycles. The zero-order valence-electron chi connectivity index (χ0n) is 13.7. The smallest absolute Gasteiger partial charge is 0.270 e. The first-order valence-corrected chi connectivity index (χ1v) is 7.96. The van der Waals surface area contributed by atoms with Crippen molar-refractivity contribution in [2.75, 3.05) is 18.5 Å². The fourth-order valence-corrected chi connectivity index (χ4v) is 2.20. The van der Waals surface area contributed by atoms with Crippen molar-refractivity contribution < 1.29 is 14.3 Å². The van der Waals surface area contributed by atoms with Gasteiger partial charge in [-0.15, -0.1) is 0 Å². The van der Waals surface area contributed by atoms with Gasteiger partial charge in [-0.05, 0) is 31.5 Å². The van der Waals surface area contributed by atoms with Crippen LogP contribution in [0, 0.1) is 0 Å². The van der Waals surface area contributed by atoms with E-state index in [9.17, 15) is 4.79 Å². The average molecular weight is 328 g/mol. The SMILES string of the molecule is CCC(C)NC(=O)c1ccnc(Nc2ccc3c(c2)OCCO3)n1. The van der Waals surface area contributed by atoms with Crippen LogP contribution >= 0.6 is 0 Å². The molecule has 1 atom stereocenters. The van der Waals surface area contributed by atoms with Gasteiger partial charge in [-0.2, -0.15) is 0 Å². The molecule has 1 aliphatic heterocycles. The van der Waals surface area contributed by atoms with E-state index in [0.717, 1.165) is 17.9 Å². The van der Waals surface area contributed by atoms with E-state index < -0.39 is 0 Å². The lowest BCUT2D eigenvalue weighted by Crippen LogP contribution is -2.32. The first-order chi connectivity index (χ1) is 11.7. The van der Waals surface area contributed by atoms with Crippen molar-refractivity contribution in [2.24, 2.45) is 0 Å².